The average Bonchev–Trinajstić information content (AvgIpc) is 2.80. The minimum Gasteiger partial charge on any atom is -0.481 e. The first-order valence-corrected chi connectivity index (χ1v) is 6.36. The quantitative estimate of drug-likeness (QED) is 0.875. The summed E-state index contributed by atoms with van der Waals surface area (Å²) >= 11 is 5.90. The average molecular weight is 297 g/mol. The summed E-state index contributed by atoms with van der Waals surface area (Å²) in [5.41, 5.74) is 0.627. The Hall–Kier alpha value is -2.08. The van der Waals surface area contributed by atoms with E-state index in [-0.39, 0.29) is 30.3 Å². The Kier molecular flexibility index (Phi) is 3.94. The molecule has 0 aliphatic carbocycles. The van der Waals surface area contributed by atoms with Crippen molar-refractivity contribution in [1.82, 2.24) is 5.32 Å². The van der Waals surface area contributed by atoms with Gasteiger partial charge in [0, 0.05) is 25.0 Å². The fourth-order valence-corrected chi connectivity index (χ4v) is 2.33. The fraction of sp³-hybridized carbons (Fsp3) is 0.308. The van der Waals surface area contributed by atoms with Crippen LogP contribution in [-0.4, -0.2) is 36.5 Å². The number of amides is 2. The third kappa shape index (κ3) is 2.60. The molecule has 7 heteroatoms. The van der Waals surface area contributed by atoms with Crippen LogP contribution >= 0.6 is 11.6 Å². The van der Waals surface area contributed by atoms with Gasteiger partial charge < -0.3 is 15.3 Å². The number of halogens is 1. The van der Waals surface area contributed by atoms with Gasteiger partial charge in [-0.15, -0.1) is 0 Å². The Bertz CT molecular complexity index is 588. The molecule has 6 nitrogen and oxygen atoms in total. The summed E-state index contributed by atoms with van der Waals surface area (Å²) in [7, 11) is 1.48. The number of nitrogens with zero attached hydrogens (tertiary/aromatic N) is 1. The Morgan fingerprint density at radius 3 is 2.70 bits per heavy atom. The summed E-state index contributed by atoms with van der Waals surface area (Å²) in [6, 6.07) is 4.55. The molecule has 1 heterocycles. The minimum absolute atomic E-state index is 0.0402. The molecular formula is C13H13ClN2O4. The molecular weight excluding hydrogens is 284 g/mol. The predicted molar refractivity (Wildman–Crippen MR) is 72.9 cm³/mol. The van der Waals surface area contributed by atoms with E-state index in [4.69, 9.17) is 16.7 Å². The van der Waals surface area contributed by atoms with E-state index in [0.717, 1.165) is 0 Å². The molecule has 0 aromatic heterocycles. The number of nitrogens with one attached hydrogen (secondary N) is 1. The second kappa shape index (κ2) is 5.50. The number of hydrogen-bond acceptors (Lipinski definition) is 3. The van der Waals surface area contributed by atoms with Crippen LogP contribution in [0.2, 0.25) is 5.02 Å². The van der Waals surface area contributed by atoms with Crippen LogP contribution in [0, 0.1) is 5.92 Å². The van der Waals surface area contributed by atoms with Crippen LogP contribution in [0.15, 0.2) is 18.2 Å². The molecule has 1 saturated heterocycles. The first-order valence-electron chi connectivity index (χ1n) is 5.99. The third-order valence-corrected chi connectivity index (χ3v) is 3.43. The van der Waals surface area contributed by atoms with Gasteiger partial charge in [-0.2, -0.15) is 0 Å². The van der Waals surface area contributed by atoms with Crippen molar-refractivity contribution >= 4 is 35.1 Å². The van der Waals surface area contributed by atoms with Crippen LogP contribution in [-0.2, 0) is 9.59 Å². The molecule has 1 aliphatic heterocycles. The SMILES string of the molecule is CNC(=O)c1ccc(Cl)cc1N1CC(C(=O)O)CC1=O. The Morgan fingerprint density at radius 1 is 1.45 bits per heavy atom. The van der Waals surface area contributed by atoms with Crippen LogP contribution in [0.1, 0.15) is 16.8 Å². The number of aliphatic carboxylic acids is 1. The zero-order valence-electron chi connectivity index (χ0n) is 10.7. The van der Waals surface area contributed by atoms with Gasteiger partial charge in [-0.25, -0.2) is 0 Å². The van der Waals surface area contributed by atoms with Crippen molar-refractivity contribution in [2.75, 3.05) is 18.5 Å². The molecule has 1 aliphatic rings. The van der Waals surface area contributed by atoms with Crippen LogP contribution in [0.25, 0.3) is 0 Å². The topological polar surface area (TPSA) is 86.7 Å². The molecule has 0 spiro atoms. The highest BCUT2D eigenvalue weighted by molar-refractivity contribution is 6.31. The Balaban J connectivity index is 2.42. The molecule has 106 valence electrons. The van der Waals surface area contributed by atoms with Gasteiger partial charge in [0.2, 0.25) is 5.91 Å². The number of carboxylic acids is 1. The maximum Gasteiger partial charge on any atom is 0.308 e. The molecule has 2 amide bonds. The molecule has 0 bridgehead atoms. The van der Waals surface area contributed by atoms with Crippen LogP contribution in [0.4, 0.5) is 5.69 Å². The summed E-state index contributed by atoms with van der Waals surface area (Å²) < 4.78 is 0. The molecule has 1 atom stereocenters. The number of carbonyl (C=O) groups is 3. The van der Waals surface area contributed by atoms with Gasteiger partial charge in [0.15, 0.2) is 0 Å². The van der Waals surface area contributed by atoms with Crippen molar-refractivity contribution in [1.29, 1.82) is 0 Å². The van der Waals surface area contributed by atoms with Gasteiger partial charge in [-0.3, -0.25) is 14.4 Å². The molecule has 0 saturated carbocycles. The zero-order chi connectivity index (χ0) is 14.9. The van der Waals surface area contributed by atoms with E-state index < -0.39 is 11.9 Å². The lowest BCUT2D eigenvalue weighted by Crippen LogP contribution is -2.29. The van der Waals surface area contributed by atoms with Crippen molar-refractivity contribution in [3.63, 3.8) is 0 Å². The maximum absolute atomic E-state index is 12.0. The molecule has 0 radical (unpaired) electrons. The smallest absolute Gasteiger partial charge is 0.308 e. The molecule has 2 rings (SSSR count). The summed E-state index contributed by atoms with van der Waals surface area (Å²) in [5.74, 6) is -2.48. The van der Waals surface area contributed by atoms with E-state index >= 15 is 0 Å². The number of carbonyl (C=O) groups excluding carboxylic acids is 2. The molecule has 20 heavy (non-hydrogen) atoms. The number of benzene rings is 1. The molecule has 2 N–H and O–H groups in total. The van der Waals surface area contributed by atoms with Crippen molar-refractivity contribution in [3.05, 3.63) is 28.8 Å². The van der Waals surface area contributed by atoms with E-state index in [2.05, 4.69) is 5.32 Å². The van der Waals surface area contributed by atoms with Crippen molar-refractivity contribution in [2.45, 2.75) is 6.42 Å². The van der Waals surface area contributed by atoms with Crippen LogP contribution in [0.3, 0.4) is 0 Å². The zero-order valence-corrected chi connectivity index (χ0v) is 11.5. The van der Waals surface area contributed by atoms with Gasteiger partial charge in [0.25, 0.3) is 5.91 Å². The Labute approximate surface area is 120 Å². The number of anilines is 1. The van der Waals surface area contributed by atoms with Crippen molar-refractivity contribution < 1.29 is 19.5 Å². The first-order chi connectivity index (χ1) is 9.43. The van der Waals surface area contributed by atoms with Crippen molar-refractivity contribution in [3.8, 4) is 0 Å². The van der Waals surface area contributed by atoms with Crippen LogP contribution in [0.5, 0.6) is 0 Å². The van der Waals surface area contributed by atoms with E-state index in [9.17, 15) is 14.4 Å². The predicted octanol–water partition coefficient (Wildman–Crippen LogP) is 1.14. The summed E-state index contributed by atoms with van der Waals surface area (Å²) in [5, 5.41) is 11.8. The molecule has 1 unspecified atom stereocenters. The fourth-order valence-electron chi connectivity index (χ4n) is 2.16. The second-order valence-corrected chi connectivity index (χ2v) is 4.92. The molecule has 1 aromatic rings. The largest absolute Gasteiger partial charge is 0.481 e. The number of carboxylic acid groups (broad SMARTS) is 1. The number of rotatable bonds is 3. The lowest BCUT2D eigenvalue weighted by Gasteiger charge is -2.19. The summed E-state index contributed by atoms with van der Waals surface area (Å²) in [4.78, 5) is 36.1. The normalized spacial score (nSPS) is 18.2. The van der Waals surface area contributed by atoms with E-state index in [1.165, 1.54) is 24.1 Å². The molecule has 1 aromatic carbocycles. The van der Waals surface area contributed by atoms with E-state index in [0.29, 0.717) is 10.7 Å². The monoisotopic (exact) mass is 296 g/mol. The summed E-state index contributed by atoms with van der Waals surface area (Å²) in [6.45, 7) is 0.0402. The van der Waals surface area contributed by atoms with Gasteiger partial charge in [-0.05, 0) is 18.2 Å². The first kappa shape index (κ1) is 14.3. The lowest BCUT2D eigenvalue weighted by molar-refractivity contribution is -0.141. The van der Waals surface area contributed by atoms with E-state index in [1.807, 2.05) is 0 Å². The Morgan fingerprint density at radius 2 is 2.15 bits per heavy atom. The minimum atomic E-state index is -1.02. The van der Waals surface area contributed by atoms with E-state index in [1.54, 1.807) is 6.07 Å². The lowest BCUT2D eigenvalue weighted by atomic mass is 10.1. The maximum atomic E-state index is 12.0. The van der Waals surface area contributed by atoms with Gasteiger partial charge >= 0.3 is 5.97 Å². The summed E-state index contributed by atoms with van der Waals surface area (Å²) in [6.07, 6.45) is -0.0744. The molecule has 1 fully saturated rings. The van der Waals surface area contributed by atoms with Gasteiger partial charge in [0.1, 0.15) is 0 Å². The number of hydrogen-bond donors (Lipinski definition) is 2. The van der Waals surface area contributed by atoms with Crippen LogP contribution < -0.4 is 10.2 Å². The van der Waals surface area contributed by atoms with Gasteiger partial charge in [-0.1, -0.05) is 11.6 Å². The highest BCUT2D eigenvalue weighted by Crippen LogP contribution is 2.30. The van der Waals surface area contributed by atoms with Gasteiger partial charge in [0.05, 0.1) is 17.2 Å². The second-order valence-electron chi connectivity index (χ2n) is 4.48. The third-order valence-electron chi connectivity index (χ3n) is 3.20. The highest BCUT2D eigenvalue weighted by atomic mass is 35.5. The standard InChI is InChI=1S/C13H13ClN2O4/c1-15-12(18)9-3-2-8(14)5-10(9)16-6-7(13(19)20)4-11(16)17/h2-3,5,7H,4,6H2,1H3,(H,15,18)(H,19,20). The highest BCUT2D eigenvalue weighted by Gasteiger charge is 2.36. The van der Waals surface area contributed by atoms with Crippen molar-refractivity contribution in [2.24, 2.45) is 5.92 Å².